The molecule has 132 valence electrons. The number of anilines is 4. The fraction of sp³-hybridized carbons (Fsp3) is 0.350. The van der Waals surface area contributed by atoms with Crippen LogP contribution in [0, 0.1) is 0 Å². The summed E-state index contributed by atoms with van der Waals surface area (Å²) in [6, 6.07) is 13.9. The van der Waals surface area contributed by atoms with E-state index in [-0.39, 0.29) is 0 Å². The number of benzene rings is 2. The quantitative estimate of drug-likeness (QED) is 0.778. The van der Waals surface area contributed by atoms with Crippen LogP contribution in [0.25, 0.3) is 0 Å². The topological polar surface area (TPSA) is 67.6 Å². The molecule has 0 atom stereocenters. The van der Waals surface area contributed by atoms with Crippen molar-refractivity contribution in [2.75, 3.05) is 22.5 Å². The van der Waals surface area contributed by atoms with Crippen LogP contribution in [-0.2, 0) is 11.2 Å². The Bertz CT molecular complexity index is 781. The number of hydrogen-bond donors (Lipinski definition) is 2. The van der Waals surface area contributed by atoms with Crippen molar-refractivity contribution < 1.29 is 9.53 Å². The molecule has 0 aliphatic carbocycles. The minimum atomic E-state index is -0.535. The minimum absolute atomic E-state index is 0.470. The van der Waals surface area contributed by atoms with Crippen molar-refractivity contribution in [3.05, 3.63) is 48.0 Å². The average molecular weight is 339 g/mol. The van der Waals surface area contributed by atoms with E-state index in [4.69, 9.17) is 10.5 Å². The lowest BCUT2D eigenvalue weighted by Gasteiger charge is -2.32. The maximum Gasteiger partial charge on any atom is 0.412 e. The third kappa shape index (κ3) is 4.05. The van der Waals surface area contributed by atoms with Gasteiger partial charge < -0.3 is 15.4 Å². The lowest BCUT2D eigenvalue weighted by molar-refractivity contribution is 0.0636. The van der Waals surface area contributed by atoms with E-state index in [0.717, 1.165) is 25.1 Å². The van der Waals surface area contributed by atoms with Crippen LogP contribution in [0.3, 0.4) is 0 Å². The smallest absolute Gasteiger partial charge is 0.412 e. The molecule has 0 aromatic heterocycles. The number of nitrogens with two attached hydrogens (primary N) is 1. The molecule has 3 N–H and O–H groups in total. The van der Waals surface area contributed by atoms with Gasteiger partial charge >= 0.3 is 6.09 Å². The second-order valence-corrected chi connectivity index (χ2v) is 7.28. The van der Waals surface area contributed by atoms with Gasteiger partial charge in [0, 0.05) is 17.9 Å². The number of fused-ring (bicyclic) bond motifs is 1. The first-order valence-electron chi connectivity index (χ1n) is 8.58. The maximum atomic E-state index is 12.0. The highest BCUT2D eigenvalue weighted by Crippen LogP contribution is 2.37. The summed E-state index contributed by atoms with van der Waals surface area (Å²) in [7, 11) is 0. The molecule has 5 heteroatoms. The number of carbonyl (C=O) groups is 1. The summed E-state index contributed by atoms with van der Waals surface area (Å²) in [5, 5.41) is 2.79. The number of aryl methyl sites for hydroxylation is 1. The monoisotopic (exact) mass is 339 g/mol. The van der Waals surface area contributed by atoms with Crippen molar-refractivity contribution >= 4 is 28.8 Å². The molecule has 3 rings (SSSR count). The SMILES string of the molecule is CC(C)(C)OC(=O)Nc1ccc(N)c(N2CCCc3ccccc32)c1. The fourth-order valence-corrected chi connectivity index (χ4v) is 3.06. The van der Waals surface area contributed by atoms with Gasteiger partial charge in [0.25, 0.3) is 0 Å². The fourth-order valence-electron chi connectivity index (χ4n) is 3.06. The Labute approximate surface area is 148 Å². The Morgan fingerprint density at radius 1 is 1.16 bits per heavy atom. The predicted octanol–water partition coefficient (Wildman–Crippen LogP) is 4.70. The first kappa shape index (κ1) is 17.1. The van der Waals surface area contributed by atoms with Gasteiger partial charge in [0.05, 0.1) is 11.4 Å². The molecule has 25 heavy (non-hydrogen) atoms. The number of carbonyl (C=O) groups excluding carboxylic acids is 1. The van der Waals surface area contributed by atoms with Crippen LogP contribution in [0.4, 0.5) is 27.5 Å². The van der Waals surface area contributed by atoms with Crippen molar-refractivity contribution in [1.82, 2.24) is 0 Å². The third-order valence-electron chi connectivity index (χ3n) is 4.08. The van der Waals surface area contributed by atoms with Crippen LogP contribution < -0.4 is 16.0 Å². The van der Waals surface area contributed by atoms with Crippen molar-refractivity contribution in [3.8, 4) is 0 Å². The molecule has 0 unspecified atom stereocenters. The summed E-state index contributed by atoms with van der Waals surface area (Å²) in [6.07, 6.45) is 1.67. The van der Waals surface area contributed by atoms with Gasteiger partial charge in [-0.3, -0.25) is 5.32 Å². The molecule has 0 fully saturated rings. The zero-order valence-electron chi connectivity index (χ0n) is 15.0. The van der Waals surface area contributed by atoms with E-state index in [0.29, 0.717) is 11.4 Å². The molecule has 1 aliphatic heterocycles. The minimum Gasteiger partial charge on any atom is -0.444 e. The molecular weight excluding hydrogens is 314 g/mol. The zero-order chi connectivity index (χ0) is 18.0. The standard InChI is InChI=1S/C20H25N3O2/c1-20(2,3)25-19(24)22-15-10-11-16(21)18(13-15)23-12-6-8-14-7-4-5-9-17(14)23/h4-5,7,9-11,13H,6,8,12,21H2,1-3H3,(H,22,24). The Kier molecular flexibility index (Phi) is 4.57. The summed E-state index contributed by atoms with van der Waals surface area (Å²) in [5.41, 5.74) is 10.4. The number of ether oxygens (including phenoxy) is 1. The van der Waals surface area contributed by atoms with Gasteiger partial charge in [-0.05, 0) is 63.4 Å². The normalized spacial score (nSPS) is 14.0. The third-order valence-corrected chi connectivity index (χ3v) is 4.08. The van der Waals surface area contributed by atoms with Gasteiger partial charge in [0.15, 0.2) is 0 Å². The predicted molar refractivity (Wildman–Crippen MR) is 102 cm³/mol. The number of amides is 1. The van der Waals surface area contributed by atoms with Crippen molar-refractivity contribution in [2.45, 2.75) is 39.2 Å². The molecule has 2 aromatic rings. The number of nitrogen functional groups attached to an aromatic ring is 1. The van der Waals surface area contributed by atoms with Crippen LogP contribution in [0.15, 0.2) is 42.5 Å². The van der Waals surface area contributed by atoms with E-state index in [1.54, 1.807) is 6.07 Å². The summed E-state index contributed by atoms with van der Waals surface area (Å²) >= 11 is 0. The van der Waals surface area contributed by atoms with E-state index in [9.17, 15) is 4.79 Å². The second-order valence-electron chi connectivity index (χ2n) is 7.28. The molecular formula is C20H25N3O2. The summed E-state index contributed by atoms with van der Waals surface area (Å²) < 4.78 is 5.32. The maximum absolute atomic E-state index is 12.0. The molecule has 0 saturated carbocycles. The number of hydrogen-bond acceptors (Lipinski definition) is 4. The van der Waals surface area contributed by atoms with Crippen LogP contribution in [-0.4, -0.2) is 18.2 Å². The summed E-state index contributed by atoms with van der Waals surface area (Å²) in [4.78, 5) is 14.2. The first-order valence-corrected chi connectivity index (χ1v) is 8.58. The molecule has 1 aliphatic rings. The van der Waals surface area contributed by atoms with Crippen molar-refractivity contribution in [2.24, 2.45) is 0 Å². The molecule has 0 bridgehead atoms. The number of para-hydroxylation sites is 1. The van der Waals surface area contributed by atoms with Crippen LogP contribution in [0.2, 0.25) is 0 Å². The van der Waals surface area contributed by atoms with E-state index in [2.05, 4.69) is 28.4 Å². The largest absolute Gasteiger partial charge is 0.444 e. The molecule has 2 aromatic carbocycles. The molecule has 0 radical (unpaired) electrons. The molecule has 0 saturated heterocycles. The Balaban J connectivity index is 1.87. The average Bonchev–Trinajstić information content (AvgIpc) is 2.54. The van der Waals surface area contributed by atoms with Gasteiger partial charge in [-0.1, -0.05) is 18.2 Å². The van der Waals surface area contributed by atoms with E-state index in [1.807, 2.05) is 39.0 Å². The van der Waals surface area contributed by atoms with Gasteiger partial charge in [0.2, 0.25) is 0 Å². The second kappa shape index (κ2) is 6.67. The number of nitrogens with zero attached hydrogens (tertiary/aromatic N) is 1. The summed E-state index contributed by atoms with van der Waals surface area (Å²) in [5.74, 6) is 0. The highest BCUT2D eigenvalue weighted by Gasteiger charge is 2.21. The molecule has 5 nitrogen and oxygen atoms in total. The van der Waals surface area contributed by atoms with Gasteiger partial charge in [-0.2, -0.15) is 0 Å². The first-order chi connectivity index (χ1) is 11.8. The van der Waals surface area contributed by atoms with E-state index in [1.165, 1.54) is 11.3 Å². The lowest BCUT2D eigenvalue weighted by atomic mass is 10.0. The number of rotatable bonds is 2. The Hall–Kier alpha value is -2.69. The number of nitrogens with one attached hydrogen (secondary N) is 1. The Morgan fingerprint density at radius 2 is 1.92 bits per heavy atom. The van der Waals surface area contributed by atoms with Crippen molar-refractivity contribution in [1.29, 1.82) is 0 Å². The van der Waals surface area contributed by atoms with Gasteiger partial charge in [0.1, 0.15) is 5.60 Å². The van der Waals surface area contributed by atoms with Gasteiger partial charge in [-0.15, -0.1) is 0 Å². The molecule has 1 amide bonds. The highest BCUT2D eigenvalue weighted by atomic mass is 16.6. The highest BCUT2D eigenvalue weighted by molar-refractivity contribution is 5.88. The zero-order valence-corrected chi connectivity index (χ0v) is 15.0. The van der Waals surface area contributed by atoms with E-state index < -0.39 is 11.7 Å². The van der Waals surface area contributed by atoms with Crippen LogP contribution in [0.5, 0.6) is 0 Å². The lowest BCUT2D eigenvalue weighted by Crippen LogP contribution is -2.28. The summed E-state index contributed by atoms with van der Waals surface area (Å²) in [6.45, 7) is 6.42. The molecule has 1 heterocycles. The van der Waals surface area contributed by atoms with E-state index >= 15 is 0 Å². The Morgan fingerprint density at radius 3 is 2.68 bits per heavy atom. The molecule has 0 spiro atoms. The van der Waals surface area contributed by atoms with Gasteiger partial charge in [-0.25, -0.2) is 4.79 Å². The van der Waals surface area contributed by atoms with Crippen LogP contribution >= 0.6 is 0 Å². The van der Waals surface area contributed by atoms with Crippen LogP contribution in [0.1, 0.15) is 32.8 Å². The van der Waals surface area contributed by atoms with Crippen molar-refractivity contribution in [3.63, 3.8) is 0 Å².